The minimum atomic E-state index is -0.286. The van der Waals surface area contributed by atoms with Crippen molar-refractivity contribution in [1.29, 1.82) is 0 Å². The first-order valence-electron chi connectivity index (χ1n) is 7.17. The molecule has 1 aliphatic rings. The molecule has 0 fully saturated rings. The van der Waals surface area contributed by atoms with Crippen LogP contribution in [0.15, 0.2) is 36.4 Å². The van der Waals surface area contributed by atoms with Gasteiger partial charge in [-0.15, -0.1) is 0 Å². The molecule has 118 valence electrons. The number of hydrogen-bond acceptors (Lipinski definition) is 3. The standard InChI is InChI=1S/C17H15ClN2O3/c1-10-2-4-12(9-13(10)18)19-17(22)11-3-5-15-14(8-11)20-16(21)6-7-23-15/h2-5,8-9H,6-7H2,1H3,(H,19,22)(H,20,21). The molecule has 2 amide bonds. The van der Waals surface area contributed by atoms with E-state index in [-0.39, 0.29) is 18.2 Å². The Kier molecular flexibility index (Phi) is 4.21. The highest BCUT2D eigenvalue weighted by atomic mass is 35.5. The maximum Gasteiger partial charge on any atom is 0.255 e. The third-order valence-electron chi connectivity index (χ3n) is 3.53. The van der Waals surface area contributed by atoms with Gasteiger partial charge >= 0.3 is 0 Å². The molecule has 1 aliphatic heterocycles. The fourth-order valence-corrected chi connectivity index (χ4v) is 2.42. The third kappa shape index (κ3) is 3.46. The Bertz CT molecular complexity index is 789. The topological polar surface area (TPSA) is 67.4 Å². The Balaban J connectivity index is 1.82. The van der Waals surface area contributed by atoms with Crippen LogP contribution < -0.4 is 15.4 Å². The van der Waals surface area contributed by atoms with E-state index in [9.17, 15) is 9.59 Å². The van der Waals surface area contributed by atoms with Crippen LogP contribution >= 0.6 is 11.6 Å². The second kappa shape index (κ2) is 6.30. The lowest BCUT2D eigenvalue weighted by molar-refractivity contribution is -0.116. The van der Waals surface area contributed by atoms with Crippen molar-refractivity contribution < 1.29 is 14.3 Å². The summed E-state index contributed by atoms with van der Waals surface area (Å²) in [5.41, 5.74) is 2.48. The van der Waals surface area contributed by atoms with Gasteiger partial charge in [0, 0.05) is 16.3 Å². The first kappa shape index (κ1) is 15.4. The summed E-state index contributed by atoms with van der Waals surface area (Å²) >= 11 is 6.06. The van der Waals surface area contributed by atoms with Gasteiger partial charge in [-0.1, -0.05) is 17.7 Å². The highest BCUT2D eigenvalue weighted by molar-refractivity contribution is 6.31. The van der Waals surface area contributed by atoms with E-state index in [1.807, 2.05) is 13.0 Å². The number of anilines is 2. The van der Waals surface area contributed by atoms with E-state index in [1.165, 1.54) is 0 Å². The smallest absolute Gasteiger partial charge is 0.255 e. The number of benzene rings is 2. The van der Waals surface area contributed by atoms with Gasteiger partial charge in [0.05, 0.1) is 18.7 Å². The van der Waals surface area contributed by atoms with Crippen molar-refractivity contribution in [2.45, 2.75) is 13.3 Å². The maximum atomic E-state index is 12.4. The van der Waals surface area contributed by atoms with E-state index in [1.54, 1.807) is 30.3 Å². The number of hydrogen-bond donors (Lipinski definition) is 2. The van der Waals surface area contributed by atoms with Gasteiger partial charge in [-0.25, -0.2) is 0 Å². The Morgan fingerprint density at radius 3 is 2.87 bits per heavy atom. The van der Waals surface area contributed by atoms with Crippen LogP contribution in [0.5, 0.6) is 5.75 Å². The van der Waals surface area contributed by atoms with E-state index in [0.29, 0.717) is 34.3 Å². The molecule has 23 heavy (non-hydrogen) atoms. The molecule has 5 nitrogen and oxygen atoms in total. The minimum Gasteiger partial charge on any atom is -0.491 e. The molecule has 0 saturated carbocycles. The summed E-state index contributed by atoms with van der Waals surface area (Å²) in [4.78, 5) is 23.9. The Labute approximate surface area is 138 Å². The molecule has 0 radical (unpaired) electrons. The zero-order chi connectivity index (χ0) is 16.4. The van der Waals surface area contributed by atoms with Gasteiger partial charge in [-0.05, 0) is 42.8 Å². The molecule has 0 atom stereocenters. The first-order valence-corrected chi connectivity index (χ1v) is 7.55. The van der Waals surface area contributed by atoms with Gasteiger partial charge in [0.2, 0.25) is 5.91 Å². The molecule has 1 heterocycles. The van der Waals surface area contributed by atoms with Crippen molar-refractivity contribution in [2.24, 2.45) is 0 Å². The lowest BCUT2D eigenvalue weighted by atomic mass is 10.1. The fourth-order valence-electron chi connectivity index (χ4n) is 2.24. The van der Waals surface area contributed by atoms with Crippen LogP contribution in [0.2, 0.25) is 5.02 Å². The lowest BCUT2D eigenvalue weighted by Gasteiger charge is -2.10. The van der Waals surface area contributed by atoms with Crippen LogP contribution in [0.1, 0.15) is 22.3 Å². The van der Waals surface area contributed by atoms with Crippen molar-refractivity contribution in [2.75, 3.05) is 17.2 Å². The summed E-state index contributed by atoms with van der Waals surface area (Å²) in [5.74, 6) is 0.142. The average Bonchev–Trinajstić information content (AvgIpc) is 2.70. The molecule has 2 aromatic rings. The van der Waals surface area contributed by atoms with E-state index in [2.05, 4.69) is 10.6 Å². The Morgan fingerprint density at radius 2 is 2.09 bits per heavy atom. The lowest BCUT2D eigenvalue weighted by Crippen LogP contribution is -2.13. The van der Waals surface area contributed by atoms with Gasteiger partial charge in [0.1, 0.15) is 5.75 Å². The number of rotatable bonds is 2. The Morgan fingerprint density at radius 1 is 1.26 bits per heavy atom. The number of halogens is 1. The number of carbonyl (C=O) groups is 2. The van der Waals surface area contributed by atoms with Crippen LogP contribution in [-0.2, 0) is 4.79 Å². The fraction of sp³-hybridized carbons (Fsp3) is 0.176. The highest BCUT2D eigenvalue weighted by Gasteiger charge is 2.16. The molecular weight excluding hydrogens is 316 g/mol. The second-order valence-corrected chi connectivity index (χ2v) is 5.68. The summed E-state index contributed by atoms with van der Waals surface area (Å²) in [6, 6.07) is 10.3. The van der Waals surface area contributed by atoms with E-state index >= 15 is 0 Å². The van der Waals surface area contributed by atoms with Gasteiger partial charge in [-0.2, -0.15) is 0 Å². The maximum absolute atomic E-state index is 12.4. The van der Waals surface area contributed by atoms with Crippen LogP contribution in [0.4, 0.5) is 11.4 Å². The molecule has 6 heteroatoms. The number of nitrogens with one attached hydrogen (secondary N) is 2. The van der Waals surface area contributed by atoms with Gasteiger partial charge in [0.15, 0.2) is 0 Å². The molecule has 3 rings (SSSR count). The van der Waals surface area contributed by atoms with Gasteiger partial charge in [-0.3, -0.25) is 9.59 Å². The van der Waals surface area contributed by atoms with Crippen LogP contribution in [0, 0.1) is 6.92 Å². The molecule has 0 unspecified atom stereocenters. The third-order valence-corrected chi connectivity index (χ3v) is 3.94. The Hall–Kier alpha value is -2.53. The largest absolute Gasteiger partial charge is 0.491 e. The molecule has 0 spiro atoms. The molecular formula is C17H15ClN2O3. The van der Waals surface area contributed by atoms with Crippen LogP contribution in [0.25, 0.3) is 0 Å². The molecule has 0 bridgehead atoms. The SMILES string of the molecule is Cc1ccc(NC(=O)c2ccc3c(c2)NC(=O)CCO3)cc1Cl. The predicted molar refractivity (Wildman–Crippen MR) is 89.3 cm³/mol. The van der Waals surface area contributed by atoms with Gasteiger partial charge in [0.25, 0.3) is 5.91 Å². The van der Waals surface area contributed by atoms with E-state index < -0.39 is 0 Å². The van der Waals surface area contributed by atoms with Crippen molar-refractivity contribution in [3.63, 3.8) is 0 Å². The molecule has 2 aromatic carbocycles. The van der Waals surface area contributed by atoms with Crippen molar-refractivity contribution >= 4 is 34.8 Å². The molecule has 0 aromatic heterocycles. The summed E-state index contributed by atoms with van der Waals surface area (Å²) in [5, 5.41) is 6.10. The van der Waals surface area contributed by atoms with Crippen LogP contribution in [0.3, 0.4) is 0 Å². The van der Waals surface area contributed by atoms with E-state index in [0.717, 1.165) is 5.56 Å². The van der Waals surface area contributed by atoms with Crippen molar-refractivity contribution in [1.82, 2.24) is 0 Å². The predicted octanol–water partition coefficient (Wildman–Crippen LogP) is 3.62. The van der Waals surface area contributed by atoms with Crippen molar-refractivity contribution in [3.05, 3.63) is 52.5 Å². The molecule has 0 saturated heterocycles. The number of carbonyl (C=O) groups excluding carboxylic acids is 2. The van der Waals surface area contributed by atoms with Crippen molar-refractivity contribution in [3.8, 4) is 5.75 Å². The minimum absolute atomic E-state index is 0.133. The highest BCUT2D eigenvalue weighted by Crippen LogP contribution is 2.28. The second-order valence-electron chi connectivity index (χ2n) is 5.28. The van der Waals surface area contributed by atoms with Crippen LogP contribution in [-0.4, -0.2) is 18.4 Å². The normalized spacial score (nSPS) is 13.4. The summed E-state index contributed by atoms with van der Waals surface area (Å²) in [6.45, 7) is 2.22. The van der Waals surface area contributed by atoms with Gasteiger partial charge < -0.3 is 15.4 Å². The number of aryl methyl sites for hydroxylation is 1. The quantitative estimate of drug-likeness (QED) is 0.883. The molecule has 2 N–H and O–H groups in total. The average molecular weight is 331 g/mol. The van der Waals surface area contributed by atoms with E-state index in [4.69, 9.17) is 16.3 Å². The number of amides is 2. The summed E-state index contributed by atoms with van der Waals surface area (Å²) in [7, 11) is 0. The summed E-state index contributed by atoms with van der Waals surface area (Å²) < 4.78 is 5.47. The zero-order valence-electron chi connectivity index (χ0n) is 12.5. The monoisotopic (exact) mass is 330 g/mol. The first-order chi connectivity index (χ1) is 11.0. The number of ether oxygens (including phenoxy) is 1. The summed E-state index contributed by atoms with van der Waals surface area (Å²) in [6.07, 6.45) is 0.290. The zero-order valence-corrected chi connectivity index (χ0v) is 13.2. The number of fused-ring (bicyclic) bond motifs is 1. The molecule has 0 aliphatic carbocycles.